The fourth-order valence-electron chi connectivity index (χ4n) is 4.02. The number of hydrogen-bond donors (Lipinski definition) is 2. The van der Waals surface area contributed by atoms with Crippen molar-refractivity contribution in [2.75, 3.05) is 6.54 Å². The van der Waals surface area contributed by atoms with Gasteiger partial charge >= 0.3 is 0 Å². The molecule has 32 heavy (non-hydrogen) atoms. The summed E-state index contributed by atoms with van der Waals surface area (Å²) in [6.45, 7) is 11.7. The molecule has 1 unspecified atom stereocenters. The van der Waals surface area contributed by atoms with Gasteiger partial charge in [0.15, 0.2) is 0 Å². The van der Waals surface area contributed by atoms with Gasteiger partial charge in [-0.3, -0.25) is 9.59 Å². The monoisotopic (exact) mass is 439 g/mol. The van der Waals surface area contributed by atoms with Crippen molar-refractivity contribution in [3.8, 4) is 0 Å². The first-order chi connectivity index (χ1) is 15.2. The summed E-state index contributed by atoms with van der Waals surface area (Å²) in [5.41, 5.74) is 1.75. The van der Waals surface area contributed by atoms with E-state index in [1.807, 2.05) is 38.1 Å². The second kappa shape index (κ2) is 10.3. The molecule has 2 aromatic rings. The Bertz CT molecular complexity index is 925. The van der Waals surface area contributed by atoms with Crippen molar-refractivity contribution in [2.24, 2.45) is 5.92 Å². The van der Waals surface area contributed by atoms with E-state index in [2.05, 4.69) is 46.2 Å². The third-order valence-corrected chi connectivity index (χ3v) is 6.08. The van der Waals surface area contributed by atoms with Crippen LogP contribution >= 0.6 is 0 Å². The molecule has 0 saturated carbocycles. The Morgan fingerprint density at radius 1 is 1.06 bits per heavy atom. The first-order valence-electron chi connectivity index (χ1n) is 11.8. The van der Waals surface area contributed by atoms with Crippen molar-refractivity contribution in [3.05, 3.63) is 47.0 Å². The minimum atomic E-state index is -0.597. The number of aromatic nitrogens is 3. The number of rotatable bonds is 7. The summed E-state index contributed by atoms with van der Waals surface area (Å²) in [6, 6.07) is 6.99. The fourth-order valence-corrected chi connectivity index (χ4v) is 4.02. The normalized spacial score (nSPS) is 15.1. The number of aryl methyl sites for hydroxylation is 1. The van der Waals surface area contributed by atoms with Gasteiger partial charge in [-0.1, -0.05) is 53.2 Å². The van der Waals surface area contributed by atoms with Gasteiger partial charge in [-0.15, -0.1) is 10.2 Å². The molecule has 7 heteroatoms. The van der Waals surface area contributed by atoms with Crippen molar-refractivity contribution < 1.29 is 9.59 Å². The molecular formula is C25H37N5O2. The van der Waals surface area contributed by atoms with Crippen LogP contribution in [0.15, 0.2) is 24.3 Å². The Morgan fingerprint density at radius 2 is 1.78 bits per heavy atom. The number of carbonyl (C=O) groups is 2. The van der Waals surface area contributed by atoms with Gasteiger partial charge in [0.25, 0.3) is 5.91 Å². The molecule has 1 aliphatic heterocycles. The van der Waals surface area contributed by atoms with Gasteiger partial charge in [0.1, 0.15) is 17.7 Å². The van der Waals surface area contributed by atoms with Crippen LogP contribution in [-0.2, 0) is 29.6 Å². The zero-order valence-corrected chi connectivity index (χ0v) is 20.1. The van der Waals surface area contributed by atoms with E-state index in [0.29, 0.717) is 18.5 Å². The van der Waals surface area contributed by atoms with Gasteiger partial charge in [-0.25, -0.2) is 0 Å². The Balaban J connectivity index is 1.56. The number of nitrogens with zero attached hydrogens (tertiary/aromatic N) is 3. The predicted molar refractivity (Wildman–Crippen MR) is 126 cm³/mol. The molecule has 1 aromatic heterocycles. The van der Waals surface area contributed by atoms with E-state index in [0.717, 1.165) is 37.5 Å². The molecule has 1 aromatic carbocycles. The third kappa shape index (κ3) is 5.96. The van der Waals surface area contributed by atoms with Crippen molar-refractivity contribution in [1.82, 2.24) is 25.4 Å². The second-order valence-electron chi connectivity index (χ2n) is 10.1. The molecule has 3 rings (SSSR count). The Labute approximate surface area is 191 Å². The van der Waals surface area contributed by atoms with Crippen LogP contribution < -0.4 is 10.6 Å². The number of carbonyl (C=O) groups excluding carboxylic acids is 2. The zero-order valence-electron chi connectivity index (χ0n) is 20.1. The largest absolute Gasteiger partial charge is 0.354 e. The van der Waals surface area contributed by atoms with Crippen LogP contribution in [0.4, 0.5) is 0 Å². The maximum Gasteiger partial charge on any atom is 0.251 e. The second-order valence-corrected chi connectivity index (χ2v) is 10.1. The van der Waals surface area contributed by atoms with E-state index in [9.17, 15) is 9.59 Å². The maximum atomic E-state index is 12.8. The number of amides is 2. The van der Waals surface area contributed by atoms with Crippen LogP contribution in [-0.4, -0.2) is 39.2 Å². The van der Waals surface area contributed by atoms with Gasteiger partial charge in [0.2, 0.25) is 5.91 Å². The number of nitrogens with one attached hydrogen (secondary N) is 2. The minimum absolute atomic E-state index is 0.0259. The first-order valence-corrected chi connectivity index (χ1v) is 11.8. The summed E-state index contributed by atoms with van der Waals surface area (Å²) in [7, 11) is 0. The third-order valence-electron chi connectivity index (χ3n) is 6.08. The van der Waals surface area contributed by atoms with E-state index < -0.39 is 6.04 Å². The first kappa shape index (κ1) is 24.0. The lowest BCUT2D eigenvalue weighted by Gasteiger charge is -2.22. The molecule has 174 valence electrons. The summed E-state index contributed by atoms with van der Waals surface area (Å²) in [5.74, 6) is 1.54. The molecule has 2 heterocycles. The number of benzene rings is 1. The maximum absolute atomic E-state index is 12.8. The van der Waals surface area contributed by atoms with Crippen molar-refractivity contribution in [2.45, 2.75) is 84.7 Å². The van der Waals surface area contributed by atoms with E-state index in [1.54, 1.807) is 0 Å². The molecule has 0 radical (unpaired) electrons. The predicted octanol–water partition coefficient (Wildman–Crippen LogP) is 3.42. The smallest absolute Gasteiger partial charge is 0.251 e. The van der Waals surface area contributed by atoms with Gasteiger partial charge in [-0.05, 0) is 41.9 Å². The van der Waals surface area contributed by atoms with E-state index >= 15 is 0 Å². The summed E-state index contributed by atoms with van der Waals surface area (Å²) < 4.78 is 2.20. The average Bonchev–Trinajstić information content (AvgIpc) is 2.97. The minimum Gasteiger partial charge on any atom is -0.354 e. The molecule has 2 amide bonds. The van der Waals surface area contributed by atoms with E-state index in [-0.39, 0.29) is 23.1 Å². The number of hydrogen-bond acceptors (Lipinski definition) is 4. The van der Waals surface area contributed by atoms with Crippen LogP contribution in [0.3, 0.4) is 0 Å². The molecular weight excluding hydrogens is 402 g/mol. The molecule has 1 aliphatic rings. The zero-order chi connectivity index (χ0) is 23.3. The highest BCUT2D eigenvalue weighted by Gasteiger charge is 2.25. The van der Waals surface area contributed by atoms with Crippen LogP contribution in [0, 0.1) is 5.92 Å². The van der Waals surface area contributed by atoms with Gasteiger partial charge in [-0.2, -0.15) is 0 Å². The van der Waals surface area contributed by atoms with Gasteiger partial charge < -0.3 is 15.2 Å². The molecule has 1 atom stereocenters. The summed E-state index contributed by atoms with van der Waals surface area (Å²) >= 11 is 0. The average molecular weight is 440 g/mol. The SMILES string of the molecule is CC(C)C(NC(=O)c1ccc(C(C)(C)C)cc1)C(=O)NCCc1nnc2n1CCCCC2. The highest BCUT2D eigenvalue weighted by Crippen LogP contribution is 2.22. The number of fused-ring (bicyclic) bond motifs is 1. The van der Waals surface area contributed by atoms with Gasteiger partial charge in [0.05, 0.1) is 0 Å². The summed E-state index contributed by atoms with van der Waals surface area (Å²) in [5, 5.41) is 14.5. The Hall–Kier alpha value is -2.70. The molecule has 7 nitrogen and oxygen atoms in total. The van der Waals surface area contributed by atoms with Gasteiger partial charge in [0, 0.05) is 31.5 Å². The van der Waals surface area contributed by atoms with Crippen molar-refractivity contribution in [1.29, 1.82) is 0 Å². The molecule has 0 fully saturated rings. The molecule has 0 saturated heterocycles. The standard InChI is InChI=1S/C25H37N5O2/c1-17(2)22(27-23(31)18-10-12-19(13-11-18)25(3,4)5)24(32)26-15-14-21-29-28-20-9-7-6-8-16-30(20)21/h10-13,17,22H,6-9,14-16H2,1-5H3,(H,26,32)(H,27,31). The molecule has 0 spiro atoms. The fraction of sp³-hybridized carbons (Fsp3) is 0.600. The highest BCUT2D eigenvalue weighted by molar-refractivity contribution is 5.97. The summed E-state index contributed by atoms with van der Waals surface area (Å²) in [4.78, 5) is 25.6. The lowest BCUT2D eigenvalue weighted by molar-refractivity contribution is -0.123. The quantitative estimate of drug-likeness (QED) is 0.692. The van der Waals surface area contributed by atoms with E-state index in [1.165, 1.54) is 12.0 Å². The van der Waals surface area contributed by atoms with E-state index in [4.69, 9.17) is 0 Å². The van der Waals surface area contributed by atoms with Crippen LogP contribution in [0.1, 0.15) is 81.5 Å². The lowest BCUT2D eigenvalue weighted by Crippen LogP contribution is -2.50. The van der Waals surface area contributed by atoms with Crippen LogP contribution in [0.25, 0.3) is 0 Å². The van der Waals surface area contributed by atoms with Crippen molar-refractivity contribution >= 4 is 11.8 Å². The molecule has 2 N–H and O–H groups in total. The molecule has 0 aliphatic carbocycles. The van der Waals surface area contributed by atoms with Crippen molar-refractivity contribution in [3.63, 3.8) is 0 Å². The topological polar surface area (TPSA) is 88.9 Å². The Kier molecular flexibility index (Phi) is 7.69. The van der Waals surface area contributed by atoms with Crippen LogP contribution in [0.2, 0.25) is 0 Å². The van der Waals surface area contributed by atoms with Crippen LogP contribution in [0.5, 0.6) is 0 Å². The molecule has 0 bridgehead atoms. The summed E-state index contributed by atoms with van der Waals surface area (Å²) in [6.07, 6.45) is 5.11. The lowest BCUT2D eigenvalue weighted by atomic mass is 9.86. The Morgan fingerprint density at radius 3 is 2.44 bits per heavy atom. The highest BCUT2D eigenvalue weighted by atomic mass is 16.2.